The summed E-state index contributed by atoms with van der Waals surface area (Å²) in [5.41, 5.74) is 7.78. The van der Waals surface area contributed by atoms with E-state index in [9.17, 15) is 0 Å². The quantitative estimate of drug-likeness (QED) is 0.604. The van der Waals surface area contributed by atoms with Crippen LogP contribution >= 0.6 is 0 Å². The lowest BCUT2D eigenvalue weighted by Crippen LogP contribution is -2.22. The van der Waals surface area contributed by atoms with Gasteiger partial charge in [0, 0.05) is 24.0 Å². The second-order valence-corrected chi connectivity index (χ2v) is 5.82. The zero-order chi connectivity index (χ0) is 16.8. The second kappa shape index (κ2) is 7.68. The average Bonchev–Trinajstić information content (AvgIpc) is 3.43. The molecule has 0 atom stereocenters. The van der Waals surface area contributed by atoms with Gasteiger partial charge in [-0.15, -0.1) is 0 Å². The number of benzene rings is 1. The Bertz CT molecular complexity index is 714. The van der Waals surface area contributed by atoms with Crippen LogP contribution < -0.4 is 20.5 Å². The molecule has 1 heterocycles. The van der Waals surface area contributed by atoms with Crippen molar-refractivity contribution in [2.45, 2.75) is 19.4 Å². The van der Waals surface area contributed by atoms with E-state index in [4.69, 9.17) is 15.2 Å². The van der Waals surface area contributed by atoms with Gasteiger partial charge in [0.2, 0.25) is 5.88 Å². The van der Waals surface area contributed by atoms with Gasteiger partial charge in [-0.25, -0.2) is 9.98 Å². The molecule has 1 aliphatic rings. The lowest BCUT2D eigenvalue weighted by atomic mass is 10.2. The Morgan fingerprint density at radius 2 is 2.21 bits per heavy atom. The molecular weight excluding hydrogens is 304 g/mol. The molecule has 0 spiro atoms. The van der Waals surface area contributed by atoms with Crippen LogP contribution in [-0.2, 0) is 6.54 Å². The molecule has 0 amide bonds. The summed E-state index contributed by atoms with van der Waals surface area (Å²) >= 11 is 0. The van der Waals surface area contributed by atoms with Crippen molar-refractivity contribution < 1.29 is 9.47 Å². The number of aliphatic imine (C=N–C) groups is 1. The van der Waals surface area contributed by atoms with Gasteiger partial charge in [0.15, 0.2) is 5.96 Å². The van der Waals surface area contributed by atoms with Crippen molar-refractivity contribution in [1.29, 1.82) is 0 Å². The number of aromatic nitrogens is 1. The molecule has 0 radical (unpaired) electrons. The van der Waals surface area contributed by atoms with Gasteiger partial charge in [0.1, 0.15) is 5.75 Å². The lowest BCUT2D eigenvalue weighted by Gasteiger charge is -2.08. The van der Waals surface area contributed by atoms with E-state index < -0.39 is 0 Å². The maximum atomic E-state index is 5.94. The molecule has 3 N–H and O–H groups in total. The molecule has 1 saturated carbocycles. The number of anilines is 1. The van der Waals surface area contributed by atoms with Gasteiger partial charge >= 0.3 is 0 Å². The van der Waals surface area contributed by atoms with Gasteiger partial charge in [0.05, 0.1) is 20.3 Å². The summed E-state index contributed by atoms with van der Waals surface area (Å²) in [6.45, 7) is 1.21. The second-order valence-electron chi connectivity index (χ2n) is 5.82. The van der Waals surface area contributed by atoms with E-state index in [0.717, 1.165) is 23.6 Å². The molecule has 0 bridgehead atoms. The van der Waals surface area contributed by atoms with Crippen LogP contribution in [0.15, 0.2) is 47.6 Å². The van der Waals surface area contributed by atoms with E-state index in [1.807, 2.05) is 36.4 Å². The zero-order valence-electron chi connectivity index (χ0n) is 13.7. The highest BCUT2D eigenvalue weighted by atomic mass is 16.5. The molecule has 1 fully saturated rings. The van der Waals surface area contributed by atoms with Gasteiger partial charge < -0.3 is 20.5 Å². The SMILES string of the molecule is COc1cccc(NC(N)=NCc2ccnc(OCC3CC3)c2)c1. The molecule has 1 aromatic heterocycles. The number of rotatable bonds is 7. The third-order valence-corrected chi connectivity index (χ3v) is 3.74. The highest BCUT2D eigenvalue weighted by Gasteiger charge is 2.22. The normalized spacial score (nSPS) is 14.3. The standard InChI is InChI=1S/C18H22N4O2/c1-23-16-4-2-3-15(10-16)22-18(19)21-11-14-7-8-20-17(9-14)24-12-13-5-6-13/h2-4,7-10,13H,5-6,11-12H2,1H3,(H3,19,21,22). The monoisotopic (exact) mass is 326 g/mol. The van der Waals surface area contributed by atoms with Crippen molar-refractivity contribution in [3.05, 3.63) is 48.2 Å². The van der Waals surface area contributed by atoms with Crippen LogP contribution in [0.4, 0.5) is 5.69 Å². The van der Waals surface area contributed by atoms with Crippen molar-refractivity contribution in [1.82, 2.24) is 4.98 Å². The summed E-state index contributed by atoms with van der Waals surface area (Å²) in [6.07, 6.45) is 4.26. The number of guanidine groups is 1. The average molecular weight is 326 g/mol. The topological polar surface area (TPSA) is 81.8 Å². The largest absolute Gasteiger partial charge is 0.497 e. The lowest BCUT2D eigenvalue weighted by molar-refractivity contribution is 0.288. The maximum absolute atomic E-state index is 5.94. The highest BCUT2D eigenvalue weighted by Crippen LogP contribution is 2.29. The molecule has 6 heteroatoms. The number of hydrogen-bond acceptors (Lipinski definition) is 4. The molecule has 0 saturated heterocycles. The molecule has 1 aromatic carbocycles. The summed E-state index contributed by atoms with van der Waals surface area (Å²) in [7, 11) is 1.63. The summed E-state index contributed by atoms with van der Waals surface area (Å²) in [4.78, 5) is 8.57. The molecule has 6 nitrogen and oxygen atoms in total. The number of nitrogens with two attached hydrogens (primary N) is 1. The fourth-order valence-electron chi connectivity index (χ4n) is 2.18. The Balaban J connectivity index is 1.56. The van der Waals surface area contributed by atoms with Crippen molar-refractivity contribution in [3.8, 4) is 11.6 Å². The number of ether oxygens (including phenoxy) is 2. The van der Waals surface area contributed by atoms with Crippen molar-refractivity contribution >= 4 is 11.6 Å². The summed E-state index contributed by atoms with van der Waals surface area (Å²) < 4.78 is 10.9. The van der Waals surface area contributed by atoms with Crippen LogP contribution in [-0.4, -0.2) is 24.7 Å². The fourth-order valence-corrected chi connectivity index (χ4v) is 2.18. The first-order chi connectivity index (χ1) is 11.7. The molecular formula is C18H22N4O2. The minimum absolute atomic E-state index is 0.348. The number of nitrogens with one attached hydrogen (secondary N) is 1. The molecule has 24 heavy (non-hydrogen) atoms. The zero-order valence-corrected chi connectivity index (χ0v) is 13.7. The maximum Gasteiger partial charge on any atom is 0.213 e. The molecule has 3 rings (SSSR count). The van der Waals surface area contributed by atoms with Crippen LogP contribution in [0.2, 0.25) is 0 Å². The van der Waals surface area contributed by atoms with E-state index in [1.54, 1.807) is 13.3 Å². The molecule has 126 valence electrons. The molecule has 0 unspecified atom stereocenters. The number of methoxy groups -OCH3 is 1. The first kappa shape index (κ1) is 16.1. The predicted molar refractivity (Wildman–Crippen MR) is 94.4 cm³/mol. The molecule has 1 aliphatic carbocycles. The Morgan fingerprint density at radius 1 is 1.33 bits per heavy atom. The highest BCUT2D eigenvalue weighted by molar-refractivity contribution is 5.92. The van der Waals surface area contributed by atoms with Crippen LogP contribution in [0, 0.1) is 5.92 Å². The van der Waals surface area contributed by atoms with E-state index in [1.165, 1.54) is 12.8 Å². The summed E-state index contributed by atoms with van der Waals surface area (Å²) in [5, 5.41) is 3.05. The Labute approximate surface area is 141 Å². The Hall–Kier alpha value is -2.76. The van der Waals surface area contributed by atoms with E-state index in [2.05, 4.69) is 15.3 Å². The first-order valence-electron chi connectivity index (χ1n) is 8.01. The van der Waals surface area contributed by atoms with Gasteiger partial charge in [-0.1, -0.05) is 6.07 Å². The summed E-state index contributed by atoms with van der Waals surface area (Å²) in [5.74, 6) is 2.46. The molecule has 2 aromatic rings. The number of hydrogen-bond donors (Lipinski definition) is 2. The van der Waals surface area contributed by atoms with Gasteiger partial charge in [-0.05, 0) is 42.5 Å². The van der Waals surface area contributed by atoms with Crippen LogP contribution in [0.1, 0.15) is 18.4 Å². The Kier molecular flexibility index (Phi) is 5.15. The van der Waals surface area contributed by atoms with E-state index in [-0.39, 0.29) is 0 Å². The third-order valence-electron chi connectivity index (χ3n) is 3.74. The molecule has 0 aliphatic heterocycles. The number of pyridine rings is 1. The van der Waals surface area contributed by atoms with Gasteiger partial charge in [-0.3, -0.25) is 0 Å². The minimum Gasteiger partial charge on any atom is -0.497 e. The van der Waals surface area contributed by atoms with Gasteiger partial charge in [0.25, 0.3) is 0 Å². The Morgan fingerprint density at radius 3 is 3.00 bits per heavy atom. The third kappa shape index (κ3) is 4.87. The van der Waals surface area contributed by atoms with Crippen molar-refractivity contribution in [2.75, 3.05) is 19.0 Å². The first-order valence-corrected chi connectivity index (χ1v) is 8.01. The van der Waals surface area contributed by atoms with Crippen LogP contribution in [0.25, 0.3) is 0 Å². The fraction of sp³-hybridized carbons (Fsp3) is 0.333. The van der Waals surface area contributed by atoms with E-state index >= 15 is 0 Å². The summed E-state index contributed by atoms with van der Waals surface area (Å²) in [6, 6.07) is 11.3. The van der Waals surface area contributed by atoms with Crippen LogP contribution in [0.5, 0.6) is 11.6 Å². The van der Waals surface area contributed by atoms with Crippen molar-refractivity contribution in [3.63, 3.8) is 0 Å². The minimum atomic E-state index is 0.348. The van der Waals surface area contributed by atoms with E-state index in [0.29, 0.717) is 24.3 Å². The smallest absolute Gasteiger partial charge is 0.213 e. The van der Waals surface area contributed by atoms with Crippen molar-refractivity contribution in [2.24, 2.45) is 16.6 Å². The number of nitrogens with zero attached hydrogens (tertiary/aromatic N) is 2. The van der Waals surface area contributed by atoms with Crippen LogP contribution in [0.3, 0.4) is 0 Å². The van der Waals surface area contributed by atoms with Gasteiger partial charge in [-0.2, -0.15) is 0 Å². The predicted octanol–water partition coefficient (Wildman–Crippen LogP) is 2.81.